The van der Waals surface area contributed by atoms with Gasteiger partial charge in [-0.1, -0.05) is 30.5 Å². The smallest absolute Gasteiger partial charge is 0.313 e. The van der Waals surface area contributed by atoms with Crippen LogP contribution in [0.15, 0.2) is 24.3 Å². The van der Waals surface area contributed by atoms with Crippen molar-refractivity contribution < 1.29 is 23.9 Å². The van der Waals surface area contributed by atoms with E-state index >= 15 is 0 Å². The summed E-state index contributed by atoms with van der Waals surface area (Å²) in [6, 6.07) is 7.41. The number of amides is 2. The van der Waals surface area contributed by atoms with Crippen molar-refractivity contribution in [1.82, 2.24) is 4.90 Å². The van der Waals surface area contributed by atoms with Gasteiger partial charge in [0.2, 0.25) is 5.91 Å². The molecule has 1 N–H and O–H groups in total. The molecular weight excluding hydrogens is 372 g/mol. The highest BCUT2D eigenvalue weighted by atomic mass is 16.5. The molecule has 1 atom stereocenters. The van der Waals surface area contributed by atoms with Crippen LogP contribution in [0.3, 0.4) is 0 Å². The molecule has 2 aliphatic rings. The van der Waals surface area contributed by atoms with E-state index in [-0.39, 0.29) is 18.2 Å². The van der Waals surface area contributed by atoms with E-state index in [0.717, 1.165) is 18.4 Å². The summed E-state index contributed by atoms with van der Waals surface area (Å²) in [5.41, 5.74) is 0.922. The number of carbonyl (C=O) groups excluding carboxylic acids is 3. The average molecular weight is 402 g/mol. The van der Waals surface area contributed by atoms with Crippen LogP contribution >= 0.6 is 0 Å². The quantitative estimate of drug-likeness (QED) is 0.740. The average Bonchev–Trinajstić information content (AvgIpc) is 3.20. The van der Waals surface area contributed by atoms with E-state index in [4.69, 9.17) is 9.47 Å². The fourth-order valence-electron chi connectivity index (χ4n) is 3.94. The number of esters is 1. The van der Waals surface area contributed by atoms with Crippen LogP contribution in [-0.4, -0.2) is 55.1 Å². The van der Waals surface area contributed by atoms with Crippen molar-refractivity contribution in [2.45, 2.75) is 52.1 Å². The molecule has 0 aromatic heterocycles. The van der Waals surface area contributed by atoms with Crippen LogP contribution in [0.5, 0.6) is 0 Å². The topological polar surface area (TPSA) is 84.9 Å². The predicted molar refractivity (Wildman–Crippen MR) is 108 cm³/mol. The van der Waals surface area contributed by atoms with E-state index in [9.17, 15) is 14.4 Å². The highest BCUT2D eigenvalue weighted by Gasteiger charge is 2.46. The predicted octanol–water partition coefficient (Wildman–Crippen LogP) is 2.67. The Kier molecular flexibility index (Phi) is 6.90. The normalized spacial score (nSPS) is 19.4. The second-order valence-corrected chi connectivity index (χ2v) is 8.06. The van der Waals surface area contributed by atoms with Crippen molar-refractivity contribution in [3.05, 3.63) is 29.8 Å². The molecule has 1 aromatic rings. The number of nitrogens with one attached hydrogen (secondary N) is 1. The molecule has 1 aromatic carbocycles. The minimum Gasteiger partial charge on any atom is -0.452 e. The van der Waals surface area contributed by atoms with Gasteiger partial charge in [-0.15, -0.1) is 0 Å². The number of anilines is 1. The van der Waals surface area contributed by atoms with E-state index < -0.39 is 17.5 Å². The van der Waals surface area contributed by atoms with E-state index in [0.29, 0.717) is 44.8 Å². The molecule has 0 spiro atoms. The lowest BCUT2D eigenvalue weighted by Crippen LogP contribution is -2.45. The number of benzene rings is 1. The fraction of sp³-hybridized carbons (Fsp3) is 0.591. The maximum atomic E-state index is 13.0. The number of ether oxygens (including phenoxy) is 2. The minimum atomic E-state index is -0.931. The first-order valence-electron chi connectivity index (χ1n) is 10.3. The summed E-state index contributed by atoms with van der Waals surface area (Å²) in [6.45, 7) is 5.70. The first kappa shape index (κ1) is 21.3. The third kappa shape index (κ3) is 5.35. The van der Waals surface area contributed by atoms with Gasteiger partial charge in [0.15, 0.2) is 6.10 Å². The standard InChI is InChI=1S/C22H30N2O5/c1-16-5-7-18(8-6-16)23-20(26)17(2)29-21(27)22(9-3-4-10-22)15-19(25)24-11-13-28-14-12-24/h5-8,17H,3-4,9-15H2,1-2H3,(H,23,26). The van der Waals surface area contributed by atoms with E-state index in [1.54, 1.807) is 24.0 Å². The van der Waals surface area contributed by atoms with Crippen LogP contribution in [0.1, 0.15) is 44.6 Å². The molecule has 2 fully saturated rings. The number of hydrogen-bond donors (Lipinski definition) is 1. The van der Waals surface area contributed by atoms with Crippen LogP contribution in [0, 0.1) is 12.3 Å². The van der Waals surface area contributed by atoms with Gasteiger partial charge in [-0.2, -0.15) is 0 Å². The van der Waals surface area contributed by atoms with Gasteiger partial charge in [0, 0.05) is 25.2 Å². The van der Waals surface area contributed by atoms with Gasteiger partial charge in [-0.05, 0) is 38.8 Å². The van der Waals surface area contributed by atoms with Crippen LogP contribution in [-0.2, 0) is 23.9 Å². The van der Waals surface area contributed by atoms with Crippen molar-refractivity contribution in [3.8, 4) is 0 Å². The van der Waals surface area contributed by atoms with Crippen LogP contribution < -0.4 is 5.32 Å². The Balaban J connectivity index is 1.60. The Morgan fingerprint density at radius 3 is 2.38 bits per heavy atom. The summed E-state index contributed by atoms with van der Waals surface area (Å²) in [5, 5.41) is 2.76. The van der Waals surface area contributed by atoms with Gasteiger partial charge in [0.05, 0.1) is 18.6 Å². The van der Waals surface area contributed by atoms with Crippen molar-refractivity contribution in [3.63, 3.8) is 0 Å². The third-order valence-corrected chi connectivity index (χ3v) is 5.82. The summed E-state index contributed by atoms with van der Waals surface area (Å²) in [5.74, 6) is -0.859. The zero-order valence-electron chi connectivity index (χ0n) is 17.2. The van der Waals surface area contributed by atoms with Crippen molar-refractivity contribution in [2.75, 3.05) is 31.6 Å². The summed E-state index contributed by atoms with van der Waals surface area (Å²) in [6.07, 6.45) is 2.21. The number of nitrogens with zero attached hydrogens (tertiary/aromatic N) is 1. The molecule has 2 amide bonds. The molecule has 1 heterocycles. The Morgan fingerprint density at radius 1 is 1.14 bits per heavy atom. The Hall–Kier alpha value is -2.41. The Bertz CT molecular complexity index is 734. The van der Waals surface area contributed by atoms with Gasteiger partial charge >= 0.3 is 5.97 Å². The van der Waals surface area contributed by atoms with Crippen molar-refractivity contribution in [2.24, 2.45) is 5.41 Å². The van der Waals surface area contributed by atoms with E-state index in [1.165, 1.54) is 0 Å². The molecule has 29 heavy (non-hydrogen) atoms. The van der Waals surface area contributed by atoms with Gasteiger partial charge in [-0.25, -0.2) is 0 Å². The highest BCUT2D eigenvalue weighted by Crippen LogP contribution is 2.43. The molecule has 1 saturated heterocycles. The Labute approximate surface area is 171 Å². The highest BCUT2D eigenvalue weighted by molar-refractivity contribution is 5.96. The van der Waals surface area contributed by atoms with E-state index in [2.05, 4.69) is 5.32 Å². The maximum absolute atomic E-state index is 13.0. The molecule has 0 radical (unpaired) electrons. The molecule has 7 nitrogen and oxygen atoms in total. The summed E-state index contributed by atoms with van der Waals surface area (Å²) in [4.78, 5) is 39.9. The molecule has 1 aliphatic carbocycles. The molecule has 0 bridgehead atoms. The third-order valence-electron chi connectivity index (χ3n) is 5.82. The van der Waals surface area contributed by atoms with Gasteiger partial charge in [0.1, 0.15) is 0 Å². The first-order chi connectivity index (χ1) is 13.9. The number of hydrogen-bond acceptors (Lipinski definition) is 5. The lowest BCUT2D eigenvalue weighted by molar-refractivity contribution is -0.166. The first-order valence-corrected chi connectivity index (χ1v) is 10.3. The van der Waals surface area contributed by atoms with E-state index in [1.807, 2.05) is 19.1 Å². The lowest BCUT2D eigenvalue weighted by Gasteiger charge is -2.32. The fourth-order valence-corrected chi connectivity index (χ4v) is 3.94. The molecule has 158 valence electrons. The van der Waals surface area contributed by atoms with Crippen LogP contribution in [0.2, 0.25) is 0 Å². The monoisotopic (exact) mass is 402 g/mol. The van der Waals surface area contributed by atoms with Gasteiger partial charge in [-0.3, -0.25) is 14.4 Å². The molecular formula is C22H30N2O5. The molecule has 3 rings (SSSR count). The SMILES string of the molecule is Cc1ccc(NC(=O)C(C)OC(=O)C2(CC(=O)N3CCOCC3)CCCC2)cc1. The second kappa shape index (κ2) is 9.39. The van der Waals surface area contributed by atoms with Gasteiger partial charge in [0.25, 0.3) is 5.91 Å². The van der Waals surface area contributed by atoms with Crippen LogP contribution in [0.4, 0.5) is 5.69 Å². The second-order valence-electron chi connectivity index (χ2n) is 8.06. The molecule has 1 unspecified atom stereocenters. The number of morpholine rings is 1. The summed E-state index contributed by atoms with van der Waals surface area (Å²) >= 11 is 0. The van der Waals surface area contributed by atoms with Crippen molar-refractivity contribution >= 4 is 23.5 Å². The lowest BCUT2D eigenvalue weighted by atomic mass is 9.82. The van der Waals surface area contributed by atoms with Crippen LogP contribution in [0.25, 0.3) is 0 Å². The largest absolute Gasteiger partial charge is 0.452 e. The summed E-state index contributed by atoms with van der Waals surface area (Å²) < 4.78 is 10.8. The zero-order chi connectivity index (χ0) is 20.9. The van der Waals surface area contributed by atoms with Gasteiger partial charge < -0.3 is 19.7 Å². The minimum absolute atomic E-state index is 0.0380. The summed E-state index contributed by atoms with van der Waals surface area (Å²) in [7, 11) is 0. The number of rotatable bonds is 6. The molecule has 1 saturated carbocycles. The molecule has 1 aliphatic heterocycles. The number of aryl methyl sites for hydroxylation is 1. The van der Waals surface area contributed by atoms with Crippen molar-refractivity contribution in [1.29, 1.82) is 0 Å². The number of carbonyl (C=O) groups is 3. The molecule has 7 heteroatoms. The zero-order valence-corrected chi connectivity index (χ0v) is 17.2. The Morgan fingerprint density at radius 2 is 1.76 bits per heavy atom. The maximum Gasteiger partial charge on any atom is 0.313 e.